The van der Waals surface area contributed by atoms with Gasteiger partial charge in [0.15, 0.2) is 11.5 Å². The van der Waals surface area contributed by atoms with Crippen LogP contribution in [0.5, 0.6) is 11.5 Å². The number of nitrogens with one attached hydrogen (secondary N) is 1. The number of fused-ring (bicyclic) bond motifs is 1. The molecule has 2 aromatic heterocycles. The van der Waals surface area contributed by atoms with Crippen LogP contribution in [-0.4, -0.2) is 34.0 Å². The second-order valence-corrected chi connectivity index (χ2v) is 6.17. The third kappa shape index (κ3) is 2.20. The molecule has 0 amide bonds. The van der Waals surface area contributed by atoms with Crippen LogP contribution in [-0.2, 0) is 5.41 Å². The SMILES string of the molecule is COc1cccc(OC)c1-c1nnc2cc(C(C)(C)C)[nH]n12. The molecule has 0 fully saturated rings. The Morgan fingerprint density at radius 3 is 2.23 bits per heavy atom. The smallest absolute Gasteiger partial charge is 0.190 e. The molecule has 0 aliphatic heterocycles. The number of rotatable bonds is 3. The maximum atomic E-state index is 5.46. The number of aromatic amines is 1. The third-order valence-corrected chi connectivity index (χ3v) is 3.65. The van der Waals surface area contributed by atoms with Crippen LogP contribution in [0.2, 0.25) is 0 Å². The number of hydrogen-bond donors (Lipinski definition) is 1. The first-order valence-electron chi connectivity index (χ1n) is 7.11. The Bertz CT molecular complexity index is 789. The van der Waals surface area contributed by atoms with E-state index in [1.807, 2.05) is 28.8 Å². The minimum atomic E-state index is 0.00281. The molecule has 22 heavy (non-hydrogen) atoms. The van der Waals surface area contributed by atoms with Gasteiger partial charge >= 0.3 is 0 Å². The Hall–Kier alpha value is -2.50. The van der Waals surface area contributed by atoms with Crippen molar-refractivity contribution in [3.05, 3.63) is 30.0 Å². The van der Waals surface area contributed by atoms with Crippen LogP contribution in [0.4, 0.5) is 0 Å². The minimum absolute atomic E-state index is 0.00281. The van der Waals surface area contributed by atoms with Gasteiger partial charge in [-0.05, 0) is 12.1 Å². The first kappa shape index (κ1) is 14.4. The van der Waals surface area contributed by atoms with Crippen molar-refractivity contribution < 1.29 is 9.47 Å². The molecule has 0 unspecified atom stereocenters. The molecule has 6 heteroatoms. The lowest BCUT2D eigenvalue weighted by Crippen LogP contribution is -2.12. The van der Waals surface area contributed by atoms with Crippen LogP contribution in [0, 0.1) is 0 Å². The highest BCUT2D eigenvalue weighted by Crippen LogP contribution is 2.37. The standard InChI is InChI=1S/C16H20N4O2/c1-16(2,3)12-9-13-17-18-15(20(13)19-12)14-10(21-4)7-6-8-11(14)22-5/h6-9,19H,1-5H3. The van der Waals surface area contributed by atoms with Gasteiger partial charge in [-0.1, -0.05) is 26.8 Å². The highest BCUT2D eigenvalue weighted by molar-refractivity contribution is 5.73. The first-order chi connectivity index (χ1) is 10.5. The summed E-state index contributed by atoms with van der Waals surface area (Å²) in [6.45, 7) is 6.44. The largest absolute Gasteiger partial charge is 0.496 e. The van der Waals surface area contributed by atoms with E-state index in [0.717, 1.165) is 16.9 Å². The normalized spacial score (nSPS) is 11.9. The zero-order valence-electron chi connectivity index (χ0n) is 13.5. The molecule has 2 heterocycles. The number of hydrogen-bond acceptors (Lipinski definition) is 4. The van der Waals surface area contributed by atoms with Crippen molar-refractivity contribution in [1.29, 1.82) is 0 Å². The summed E-state index contributed by atoms with van der Waals surface area (Å²) in [5.41, 5.74) is 2.64. The van der Waals surface area contributed by atoms with E-state index in [1.54, 1.807) is 14.2 Å². The summed E-state index contributed by atoms with van der Waals surface area (Å²) in [5, 5.41) is 11.9. The van der Waals surface area contributed by atoms with Crippen LogP contribution >= 0.6 is 0 Å². The average molecular weight is 300 g/mol. The molecular formula is C16H20N4O2. The van der Waals surface area contributed by atoms with Gasteiger partial charge in [0, 0.05) is 17.2 Å². The Labute approximate surface area is 129 Å². The fourth-order valence-electron chi connectivity index (χ4n) is 2.40. The molecule has 0 bridgehead atoms. The summed E-state index contributed by atoms with van der Waals surface area (Å²) in [6, 6.07) is 7.66. The van der Waals surface area contributed by atoms with Crippen molar-refractivity contribution in [2.24, 2.45) is 0 Å². The Morgan fingerprint density at radius 1 is 1.05 bits per heavy atom. The molecule has 1 N–H and O–H groups in total. The summed E-state index contributed by atoms with van der Waals surface area (Å²) >= 11 is 0. The highest BCUT2D eigenvalue weighted by atomic mass is 16.5. The molecule has 3 aromatic rings. The van der Waals surface area contributed by atoms with Gasteiger partial charge in [0.1, 0.15) is 17.1 Å². The Morgan fingerprint density at radius 2 is 1.68 bits per heavy atom. The van der Waals surface area contributed by atoms with Gasteiger partial charge in [0.25, 0.3) is 0 Å². The van der Waals surface area contributed by atoms with Crippen LogP contribution < -0.4 is 9.47 Å². The molecule has 0 aliphatic carbocycles. The van der Waals surface area contributed by atoms with Gasteiger partial charge < -0.3 is 9.47 Å². The molecule has 0 saturated carbocycles. The fraction of sp³-hybridized carbons (Fsp3) is 0.375. The first-order valence-corrected chi connectivity index (χ1v) is 7.11. The quantitative estimate of drug-likeness (QED) is 0.807. The predicted molar refractivity (Wildman–Crippen MR) is 84.6 cm³/mol. The monoisotopic (exact) mass is 300 g/mol. The predicted octanol–water partition coefficient (Wildman–Crippen LogP) is 3.04. The minimum Gasteiger partial charge on any atom is -0.496 e. The summed E-state index contributed by atoms with van der Waals surface area (Å²) in [7, 11) is 3.26. The van der Waals surface area contributed by atoms with Crippen LogP contribution in [0.1, 0.15) is 26.5 Å². The molecule has 0 spiro atoms. The lowest BCUT2D eigenvalue weighted by molar-refractivity contribution is 0.396. The van der Waals surface area contributed by atoms with Crippen LogP contribution in [0.15, 0.2) is 24.3 Å². The molecular weight excluding hydrogens is 280 g/mol. The molecule has 0 saturated heterocycles. The van der Waals surface area contributed by atoms with Gasteiger partial charge in [-0.25, -0.2) is 4.52 Å². The van der Waals surface area contributed by atoms with Crippen molar-refractivity contribution in [1.82, 2.24) is 19.8 Å². The van der Waals surface area contributed by atoms with Crippen molar-refractivity contribution in [3.8, 4) is 22.9 Å². The number of H-pyrrole nitrogens is 1. The molecule has 116 valence electrons. The van der Waals surface area contributed by atoms with Crippen LogP contribution in [0.3, 0.4) is 0 Å². The van der Waals surface area contributed by atoms with E-state index >= 15 is 0 Å². The average Bonchev–Trinajstić information content (AvgIpc) is 3.06. The molecule has 0 aliphatic rings. The molecule has 0 radical (unpaired) electrons. The molecule has 3 rings (SSSR count). The van der Waals surface area contributed by atoms with Gasteiger partial charge in [0.05, 0.1) is 14.2 Å². The highest BCUT2D eigenvalue weighted by Gasteiger charge is 2.22. The van der Waals surface area contributed by atoms with Crippen molar-refractivity contribution in [2.45, 2.75) is 26.2 Å². The lowest BCUT2D eigenvalue weighted by atomic mass is 9.93. The Kier molecular flexibility index (Phi) is 3.31. The summed E-state index contributed by atoms with van der Waals surface area (Å²) in [4.78, 5) is 0. The fourth-order valence-corrected chi connectivity index (χ4v) is 2.40. The maximum absolute atomic E-state index is 5.46. The van der Waals surface area contributed by atoms with Crippen molar-refractivity contribution >= 4 is 5.65 Å². The lowest BCUT2D eigenvalue weighted by Gasteiger charge is -2.15. The number of aromatic nitrogens is 4. The van der Waals surface area contributed by atoms with E-state index in [-0.39, 0.29) is 5.41 Å². The number of benzene rings is 1. The number of ether oxygens (including phenoxy) is 2. The zero-order chi connectivity index (χ0) is 15.9. The van der Waals surface area contributed by atoms with Gasteiger partial charge in [-0.2, -0.15) is 0 Å². The van der Waals surface area contributed by atoms with E-state index in [2.05, 4.69) is 36.1 Å². The van der Waals surface area contributed by atoms with Gasteiger partial charge in [-0.3, -0.25) is 5.10 Å². The second kappa shape index (κ2) is 5.05. The van der Waals surface area contributed by atoms with E-state index in [4.69, 9.17) is 9.47 Å². The third-order valence-electron chi connectivity index (χ3n) is 3.65. The van der Waals surface area contributed by atoms with Crippen LogP contribution in [0.25, 0.3) is 17.0 Å². The second-order valence-electron chi connectivity index (χ2n) is 6.17. The zero-order valence-corrected chi connectivity index (χ0v) is 13.5. The van der Waals surface area contributed by atoms with Crippen molar-refractivity contribution in [2.75, 3.05) is 14.2 Å². The van der Waals surface area contributed by atoms with E-state index in [1.165, 1.54) is 0 Å². The maximum Gasteiger partial charge on any atom is 0.190 e. The number of methoxy groups -OCH3 is 2. The molecule has 0 atom stereocenters. The summed E-state index contributed by atoms with van der Waals surface area (Å²) < 4.78 is 12.8. The summed E-state index contributed by atoms with van der Waals surface area (Å²) in [6.07, 6.45) is 0. The van der Waals surface area contributed by atoms with E-state index in [0.29, 0.717) is 17.3 Å². The van der Waals surface area contributed by atoms with E-state index < -0.39 is 0 Å². The van der Waals surface area contributed by atoms with Gasteiger partial charge in [-0.15, -0.1) is 10.2 Å². The Balaban J connectivity index is 2.25. The summed E-state index contributed by atoms with van der Waals surface area (Å²) in [5.74, 6) is 2.06. The van der Waals surface area contributed by atoms with E-state index in [9.17, 15) is 0 Å². The van der Waals surface area contributed by atoms with Gasteiger partial charge in [0.2, 0.25) is 0 Å². The number of nitrogens with zero attached hydrogens (tertiary/aromatic N) is 3. The topological polar surface area (TPSA) is 64.4 Å². The molecule has 1 aromatic carbocycles. The van der Waals surface area contributed by atoms with Crippen molar-refractivity contribution in [3.63, 3.8) is 0 Å². The molecule has 6 nitrogen and oxygen atoms in total.